The normalized spacial score (nSPS) is 12.1. The van der Waals surface area contributed by atoms with E-state index in [0.29, 0.717) is 6.42 Å². The summed E-state index contributed by atoms with van der Waals surface area (Å²) in [5, 5.41) is 8.96. The topological polar surface area (TPSA) is 119 Å². The molecule has 1 atom stereocenters. The summed E-state index contributed by atoms with van der Waals surface area (Å²) in [6.07, 6.45) is -0.120. The lowest BCUT2D eigenvalue weighted by molar-refractivity contribution is -0.146. The van der Waals surface area contributed by atoms with Crippen molar-refractivity contribution in [1.82, 2.24) is 4.90 Å². The molecular formula is C19H28N2O6. The molecule has 150 valence electrons. The Hall–Kier alpha value is -2.61. The fraction of sp³-hybridized carbons (Fsp3) is 0.526. The van der Waals surface area contributed by atoms with Gasteiger partial charge in [0.05, 0.1) is 0 Å². The van der Waals surface area contributed by atoms with Gasteiger partial charge in [-0.3, -0.25) is 14.5 Å². The zero-order valence-electron chi connectivity index (χ0n) is 16.0. The van der Waals surface area contributed by atoms with Gasteiger partial charge in [-0.2, -0.15) is 0 Å². The summed E-state index contributed by atoms with van der Waals surface area (Å²) in [4.78, 5) is 36.1. The van der Waals surface area contributed by atoms with E-state index in [9.17, 15) is 14.4 Å². The average molecular weight is 380 g/mol. The van der Waals surface area contributed by atoms with Crippen LogP contribution in [0.15, 0.2) is 30.3 Å². The highest BCUT2D eigenvalue weighted by atomic mass is 16.6. The van der Waals surface area contributed by atoms with Crippen molar-refractivity contribution in [3.05, 3.63) is 35.9 Å². The number of ether oxygens (including phenoxy) is 2. The second-order valence-corrected chi connectivity index (χ2v) is 7.14. The van der Waals surface area contributed by atoms with Crippen LogP contribution in [0.2, 0.25) is 0 Å². The number of carbonyl (C=O) groups is 3. The predicted molar refractivity (Wildman–Crippen MR) is 98.9 cm³/mol. The Morgan fingerprint density at radius 1 is 1.19 bits per heavy atom. The van der Waals surface area contributed by atoms with Crippen molar-refractivity contribution in [2.24, 2.45) is 5.73 Å². The van der Waals surface area contributed by atoms with E-state index in [4.69, 9.17) is 20.3 Å². The Morgan fingerprint density at radius 2 is 1.81 bits per heavy atom. The number of benzene rings is 1. The molecule has 0 bridgehead atoms. The first-order chi connectivity index (χ1) is 12.6. The molecule has 0 heterocycles. The van der Waals surface area contributed by atoms with E-state index in [2.05, 4.69) is 0 Å². The number of nitrogens with two attached hydrogens (primary N) is 1. The molecule has 8 heteroatoms. The number of rotatable bonds is 9. The third-order valence-electron chi connectivity index (χ3n) is 3.45. The van der Waals surface area contributed by atoms with Crippen molar-refractivity contribution >= 4 is 18.0 Å². The number of carbonyl (C=O) groups excluding carboxylic acids is 2. The third kappa shape index (κ3) is 9.60. The Kier molecular flexibility index (Phi) is 8.74. The number of esters is 1. The smallest absolute Gasteiger partial charge is 0.410 e. The molecule has 0 saturated carbocycles. The lowest BCUT2D eigenvalue weighted by Crippen LogP contribution is -2.41. The van der Waals surface area contributed by atoms with Gasteiger partial charge in [-0.15, -0.1) is 0 Å². The molecule has 1 amide bonds. The zero-order valence-corrected chi connectivity index (χ0v) is 16.0. The van der Waals surface area contributed by atoms with Gasteiger partial charge in [-0.05, 0) is 39.2 Å². The number of hydrogen-bond acceptors (Lipinski definition) is 6. The van der Waals surface area contributed by atoms with Crippen LogP contribution in [0, 0.1) is 0 Å². The highest BCUT2D eigenvalue weighted by Crippen LogP contribution is 2.11. The predicted octanol–water partition coefficient (Wildman–Crippen LogP) is 2.16. The first kappa shape index (κ1) is 22.4. The third-order valence-corrected chi connectivity index (χ3v) is 3.45. The van der Waals surface area contributed by atoms with Crippen molar-refractivity contribution in [3.63, 3.8) is 0 Å². The van der Waals surface area contributed by atoms with Crippen LogP contribution in [0.25, 0.3) is 0 Å². The lowest BCUT2D eigenvalue weighted by atomic mass is 10.1. The van der Waals surface area contributed by atoms with Gasteiger partial charge in [0.15, 0.2) is 0 Å². The number of hydrogen-bond donors (Lipinski definition) is 2. The maximum Gasteiger partial charge on any atom is 0.410 e. The Morgan fingerprint density at radius 3 is 2.37 bits per heavy atom. The van der Waals surface area contributed by atoms with Crippen molar-refractivity contribution in [2.45, 2.75) is 51.9 Å². The molecule has 0 saturated heterocycles. The SMILES string of the molecule is CC(C)(C)OC(=O)N(CCCC(N)C(=O)OCc1ccccc1)CC(=O)O. The molecule has 0 aliphatic heterocycles. The quantitative estimate of drug-likeness (QED) is 0.630. The van der Waals surface area contributed by atoms with E-state index in [1.54, 1.807) is 20.8 Å². The number of aliphatic carboxylic acids is 1. The molecular weight excluding hydrogens is 352 g/mol. The van der Waals surface area contributed by atoms with Crippen LogP contribution in [-0.4, -0.2) is 52.8 Å². The van der Waals surface area contributed by atoms with Gasteiger partial charge < -0.3 is 20.3 Å². The molecule has 0 spiro atoms. The molecule has 1 aromatic rings. The summed E-state index contributed by atoms with van der Waals surface area (Å²) in [5.74, 6) is -1.69. The Labute approximate surface area is 159 Å². The van der Waals surface area contributed by atoms with Gasteiger partial charge in [0.1, 0.15) is 24.8 Å². The number of amides is 1. The molecule has 1 aromatic carbocycles. The standard InChI is InChI=1S/C19H28N2O6/c1-19(2,3)27-18(25)21(12-16(22)23)11-7-10-15(20)17(24)26-13-14-8-5-4-6-9-14/h4-6,8-9,15H,7,10-13,20H2,1-3H3,(H,22,23). The van der Waals surface area contributed by atoms with E-state index in [1.807, 2.05) is 30.3 Å². The molecule has 0 radical (unpaired) electrons. The zero-order chi connectivity index (χ0) is 20.4. The van der Waals surface area contributed by atoms with Crippen LogP contribution in [0.3, 0.4) is 0 Å². The number of nitrogens with zero attached hydrogens (tertiary/aromatic N) is 1. The summed E-state index contributed by atoms with van der Waals surface area (Å²) in [5.41, 5.74) is 5.95. The summed E-state index contributed by atoms with van der Waals surface area (Å²) in [7, 11) is 0. The van der Waals surface area contributed by atoms with Crippen molar-refractivity contribution in [1.29, 1.82) is 0 Å². The minimum atomic E-state index is -1.15. The average Bonchev–Trinajstić information content (AvgIpc) is 2.57. The van der Waals surface area contributed by atoms with E-state index in [-0.39, 0.29) is 19.6 Å². The largest absolute Gasteiger partial charge is 0.480 e. The molecule has 0 aliphatic rings. The van der Waals surface area contributed by atoms with Crippen LogP contribution < -0.4 is 5.73 Å². The molecule has 0 aliphatic carbocycles. The highest BCUT2D eigenvalue weighted by Gasteiger charge is 2.24. The molecule has 0 aromatic heterocycles. The molecule has 27 heavy (non-hydrogen) atoms. The molecule has 1 unspecified atom stereocenters. The van der Waals surface area contributed by atoms with Gasteiger partial charge >= 0.3 is 18.0 Å². The van der Waals surface area contributed by atoms with E-state index in [1.165, 1.54) is 0 Å². The van der Waals surface area contributed by atoms with Crippen LogP contribution in [0.5, 0.6) is 0 Å². The molecule has 0 fully saturated rings. The maximum absolute atomic E-state index is 12.1. The first-order valence-electron chi connectivity index (χ1n) is 8.74. The van der Waals surface area contributed by atoms with Gasteiger partial charge in [-0.1, -0.05) is 30.3 Å². The Bertz CT molecular complexity index is 627. The second kappa shape index (κ2) is 10.5. The molecule has 8 nitrogen and oxygen atoms in total. The summed E-state index contributed by atoms with van der Waals surface area (Å²) >= 11 is 0. The molecule has 3 N–H and O–H groups in total. The molecule has 1 rings (SSSR count). The van der Waals surface area contributed by atoms with Crippen LogP contribution in [0.1, 0.15) is 39.2 Å². The van der Waals surface area contributed by atoms with Gasteiger partial charge in [-0.25, -0.2) is 4.79 Å². The van der Waals surface area contributed by atoms with E-state index in [0.717, 1.165) is 10.5 Å². The van der Waals surface area contributed by atoms with E-state index < -0.39 is 36.2 Å². The highest BCUT2D eigenvalue weighted by molar-refractivity contribution is 5.77. The summed E-state index contributed by atoms with van der Waals surface area (Å²) in [6.45, 7) is 4.85. The van der Waals surface area contributed by atoms with Gasteiger partial charge in [0.2, 0.25) is 0 Å². The van der Waals surface area contributed by atoms with Crippen LogP contribution >= 0.6 is 0 Å². The second-order valence-electron chi connectivity index (χ2n) is 7.14. The minimum absolute atomic E-state index is 0.112. The number of carboxylic acid groups (broad SMARTS) is 1. The summed E-state index contributed by atoms with van der Waals surface area (Å²) < 4.78 is 10.4. The van der Waals surface area contributed by atoms with Crippen LogP contribution in [-0.2, 0) is 25.7 Å². The monoisotopic (exact) mass is 380 g/mol. The number of carboxylic acids is 1. The first-order valence-corrected chi connectivity index (χ1v) is 8.74. The van der Waals surface area contributed by atoms with Crippen molar-refractivity contribution < 1.29 is 29.0 Å². The summed E-state index contributed by atoms with van der Waals surface area (Å²) in [6, 6.07) is 8.38. The fourth-order valence-corrected chi connectivity index (χ4v) is 2.18. The fourth-order valence-electron chi connectivity index (χ4n) is 2.18. The minimum Gasteiger partial charge on any atom is -0.480 e. The maximum atomic E-state index is 12.1. The van der Waals surface area contributed by atoms with Crippen LogP contribution in [0.4, 0.5) is 4.79 Å². The lowest BCUT2D eigenvalue weighted by Gasteiger charge is -2.26. The van der Waals surface area contributed by atoms with E-state index >= 15 is 0 Å². The van der Waals surface area contributed by atoms with Gasteiger partial charge in [0, 0.05) is 6.54 Å². The van der Waals surface area contributed by atoms with Gasteiger partial charge in [0.25, 0.3) is 0 Å². The van der Waals surface area contributed by atoms with Crippen molar-refractivity contribution in [3.8, 4) is 0 Å². The van der Waals surface area contributed by atoms with Crippen molar-refractivity contribution in [2.75, 3.05) is 13.1 Å². The Balaban J connectivity index is 2.44.